The lowest BCUT2D eigenvalue weighted by Crippen LogP contribution is -2.38. The molecule has 5 nitrogen and oxygen atoms in total. The van der Waals surface area contributed by atoms with Crippen molar-refractivity contribution in [3.63, 3.8) is 0 Å². The van der Waals surface area contributed by atoms with Crippen molar-refractivity contribution in [1.29, 1.82) is 0 Å². The Hall–Kier alpha value is -1.79. The fourth-order valence-corrected chi connectivity index (χ4v) is 2.99. The third-order valence-corrected chi connectivity index (χ3v) is 4.16. The quantitative estimate of drug-likeness (QED) is 0.890. The average Bonchev–Trinajstić information content (AvgIpc) is 3.02. The van der Waals surface area contributed by atoms with Gasteiger partial charge in [-0.15, -0.1) is 11.3 Å². The Bertz CT molecular complexity index is 642. The van der Waals surface area contributed by atoms with Crippen LogP contribution in [0.25, 0.3) is 0 Å². The maximum atomic E-state index is 12.1. The molecule has 2 heterocycles. The first-order chi connectivity index (χ1) is 9.85. The van der Waals surface area contributed by atoms with E-state index in [1.54, 1.807) is 31.4 Å². The minimum absolute atomic E-state index is 0.0900. The molecule has 0 aliphatic rings. The zero-order chi connectivity index (χ0) is 15.6. The summed E-state index contributed by atoms with van der Waals surface area (Å²) in [6.45, 7) is 5.35. The third kappa shape index (κ3) is 3.28. The van der Waals surface area contributed by atoms with Crippen LogP contribution in [0.15, 0.2) is 21.9 Å². The van der Waals surface area contributed by atoms with Gasteiger partial charge in [0.15, 0.2) is 0 Å². The van der Waals surface area contributed by atoms with Gasteiger partial charge in [0.2, 0.25) is 0 Å². The van der Waals surface area contributed by atoms with Gasteiger partial charge in [0.05, 0.1) is 13.7 Å². The Morgan fingerprint density at radius 1 is 1.52 bits per heavy atom. The standard InChI is InChI=1S/C15H19NO4S/c1-9-7-11(10(2)20-9)15(3,18)8-16-14(17)13-12(19-4)5-6-21-13/h5-7,18H,8H2,1-4H3,(H,16,17). The summed E-state index contributed by atoms with van der Waals surface area (Å²) >= 11 is 1.30. The minimum atomic E-state index is -1.19. The van der Waals surface area contributed by atoms with Gasteiger partial charge in [-0.1, -0.05) is 0 Å². The van der Waals surface area contributed by atoms with Crippen molar-refractivity contribution in [2.45, 2.75) is 26.4 Å². The number of thiophene rings is 1. The minimum Gasteiger partial charge on any atom is -0.495 e. The number of hydrogen-bond donors (Lipinski definition) is 2. The van der Waals surface area contributed by atoms with Gasteiger partial charge < -0.3 is 19.6 Å². The van der Waals surface area contributed by atoms with Crippen molar-refractivity contribution < 1.29 is 19.1 Å². The van der Waals surface area contributed by atoms with Crippen LogP contribution < -0.4 is 10.1 Å². The maximum Gasteiger partial charge on any atom is 0.265 e. The molecule has 0 aliphatic heterocycles. The van der Waals surface area contributed by atoms with E-state index in [-0.39, 0.29) is 12.5 Å². The smallest absolute Gasteiger partial charge is 0.265 e. The Morgan fingerprint density at radius 3 is 2.81 bits per heavy atom. The fraction of sp³-hybridized carbons (Fsp3) is 0.400. The average molecular weight is 309 g/mol. The summed E-state index contributed by atoms with van der Waals surface area (Å²) in [5.74, 6) is 1.65. The maximum absolute atomic E-state index is 12.1. The summed E-state index contributed by atoms with van der Waals surface area (Å²) < 4.78 is 10.5. The number of methoxy groups -OCH3 is 1. The lowest BCUT2D eigenvalue weighted by atomic mass is 9.96. The highest BCUT2D eigenvalue weighted by molar-refractivity contribution is 7.12. The van der Waals surface area contributed by atoms with Gasteiger partial charge in [-0.05, 0) is 38.3 Å². The number of nitrogens with one attached hydrogen (secondary N) is 1. The largest absolute Gasteiger partial charge is 0.495 e. The van der Waals surface area contributed by atoms with Crippen LogP contribution in [0.5, 0.6) is 5.75 Å². The number of carbonyl (C=O) groups is 1. The van der Waals surface area contributed by atoms with Crippen molar-refractivity contribution in [3.05, 3.63) is 39.5 Å². The molecule has 0 radical (unpaired) electrons. The summed E-state index contributed by atoms with van der Waals surface area (Å²) in [5.41, 5.74) is -0.513. The van der Waals surface area contributed by atoms with Crippen molar-refractivity contribution >= 4 is 17.2 Å². The van der Waals surface area contributed by atoms with Crippen LogP contribution in [0.2, 0.25) is 0 Å². The number of aryl methyl sites for hydroxylation is 2. The van der Waals surface area contributed by atoms with Gasteiger partial charge in [-0.2, -0.15) is 0 Å². The van der Waals surface area contributed by atoms with E-state index >= 15 is 0 Å². The van der Waals surface area contributed by atoms with Gasteiger partial charge in [0.1, 0.15) is 27.7 Å². The van der Waals surface area contributed by atoms with Gasteiger partial charge in [-0.3, -0.25) is 4.79 Å². The number of aliphatic hydroxyl groups is 1. The number of rotatable bonds is 5. The van der Waals surface area contributed by atoms with Crippen molar-refractivity contribution in [3.8, 4) is 5.75 Å². The molecule has 0 spiro atoms. The highest BCUT2D eigenvalue weighted by atomic mass is 32.1. The highest BCUT2D eigenvalue weighted by Gasteiger charge is 2.28. The van der Waals surface area contributed by atoms with Crippen LogP contribution in [0, 0.1) is 13.8 Å². The van der Waals surface area contributed by atoms with E-state index in [0.29, 0.717) is 22.0 Å². The lowest BCUT2D eigenvalue weighted by molar-refractivity contribution is 0.0514. The van der Waals surface area contributed by atoms with Crippen molar-refractivity contribution in [1.82, 2.24) is 5.32 Å². The Morgan fingerprint density at radius 2 is 2.24 bits per heavy atom. The summed E-state index contributed by atoms with van der Waals surface area (Å²) in [5, 5.41) is 15.1. The number of hydrogen-bond acceptors (Lipinski definition) is 5. The second-order valence-corrected chi connectivity index (χ2v) is 6.02. The van der Waals surface area contributed by atoms with Gasteiger partial charge >= 0.3 is 0 Å². The molecule has 2 aromatic heterocycles. The number of ether oxygens (including phenoxy) is 1. The fourth-order valence-electron chi connectivity index (χ4n) is 2.22. The SMILES string of the molecule is COc1ccsc1C(=O)NCC(C)(O)c1cc(C)oc1C. The first-order valence-electron chi connectivity index (χ1n) is 6.54. The van der Waals surface area contributed by atoms with E-state index in [4.69, 9.17) is 9.15 Å². The van der Waals surface area contributed by atoms with Crippen LogP contribution in [0.4, 0.5) is 0 Å². The van der Waals surface area contributed by atoms with Crippen LogP contribution in [0.1, 0.15) is 33.7 Å². The molecule has 0 fully saturated rings. The first-order valence-corrected chi connectivity index (χ1v) is 7.42. The van der Waals surface area contributed by atoms with E-state index in [1.165, 1.54) is 18.4 Å². The molecule has 1 amide bonds. The summed E-state index contributed by atoms with van der Waals surface area (Å²) in [4.78, 5) is 12.6. The molecule has 0 saturated heterocycles. The van der Waals surface area contributed by atoms with E-state index < -0.39 is 5.60 Å². The molecular weight excluding hydrogens is 290 g/mol. The second kappa shape index (κ2) is 5.91. The molecule has 21 heavy (non-hydrogen) atoms. The van der Waals surface area contributed by atoms with E-state index in [1.807, 2.05) is 6.92 Å². The number of furan rings is 1. The molecule has 6 heteroatoms. The summed E-state index contributed by atoms with van der Waals surface area (Å²) in [7, 11) is 1.52. The molecule has 0 aromatic carbocycles. The topological polar surface area (TPSA) is 71.7 Å². The third-order valence-electron chi connectivity index (χ3n) is 3.27. The van der Waals surface area contributed by atoms with Crippen LogP contribution in [-0.4, -0.2) is 24.7 Å². The van der Waals surface area contributed by atoms with Gasteiger partial charge in [0, 0.05) is 5.56 Å². The van der Waals surface area contributed by atoms with Gasteiger partial charge in [-0.25, -0.2) is 0 Å². The predicted octanol–water partition coefficient (Wildman–Crippen LogP) is 2.60. The molecule has 2 aromatic rings. The van der Waals surface area contributed by atoms with Crippen molar-refractivity contribution in [2.75, 3.05) is 13.7 Å². The van der Waals surface area contributed by atoms with E-state index in [2.05, 4.69) is 5.32 Å². The van der Waals surface area contributed by atoms with Crippen molar-refractivity contribution in [2.24, 2.45) is 0 Å². The Kier molecular flexibility index (Phi) is 4.39. The molecule has 0 saturated carbocycles. The zero-order valence-electron chi connectivity index (χ0n) is 12.5. The molecule has 0 aliphatic carbocycles. The molecular formula is C15H19NO4S. The van der Waals surface area contributed by atoms with Crippen LogP contribution in [0.3, 0.4) is 0 Å². The lowest BCUT2D eigenvalue weighted by Gasteiger charge is -2.23. The van der Waals surface area contributed by atoms with E-state index in [9.17, 15) is 9.90 Å². The van der Waals surface area contributed by atoms with E-state index in [0.717, 1.165) is 5.76 Å². The highest BCUT2D eigenvalue weighted by Crippen LogP contribution is 2.27. The zero-order valence-corrected chi connectivity index (χ0v) is 13.3. The molecule has 2 N–H and O–H groups in total. The molecule has 1 unspecified atom stereocenters. The molecule has 1 atom stereocenters. The first kappa shape index (κ1) is 15.6. The number of carbonyl (C=O) groups excluding carboxylic acids is 1. The molecule has 0 bridgehead atoms. The monoisotopic (exact) mass is 309 g/mol. The van der Waals surface area contributed by atoms with Crippen LogP contribution >= 0.6 is 11.3 Å². The Labute approximate surface area is 127 Å². The summed E-state index contributed by atoms with van der Waals surface area (Å²) in [6.07, 6.45) is 0. The number of amides is 1. The normalized spacial score (nSPS) is 13.8. The predicted molar refractivity (Wildman–Crippen MR) is 81.0 cm³/mol. The van der Waals surface area contributed by atoms with Crippen LogP contribution in [-0.2, 0) is 5.60 Å². The molecule has 2 rings (SSSR count). The Balaban J connectivity index is 2.08. The summed E-state index contributed by atoms with van der Waals surface area (Å²) in [6, 6.07) is 3.52. The molecule has 114 valence electrons. The van der Waals surface area contributed by atoms with Gasteiger partial charge in [0.25, 0.3) is 5.91 Å². The second-order valence-electron chi connectivity index (χ2n) is 5.10.